The number of carbonyl (C=O) groups excluding carboxylic acids is 1. The Morgan fingerprint density at radius 1 is 1.19 bits per heavy atom. The summed E-state index contributed by atoms with van der Waals surface area (Å²) in [6.45, 7) is 4.90. The van der Waals surface area contributed by atoms with E-state index in [-0.39, 0.29) is 11.9 Å². The number of benzene rings is 1. The first-order valence-electron chi connectivity index (χ1n) is 8.95. The molecule has 0 bridgehead atoms. The van der Waals surface area contributed by atoms with Crippen molar-refractivity contribution in [2.45, 2.75) is 32.7 Å². The first-order valence-corrected chi connectivity index (χ1v) is 8.95. The predicted molar refractivity (Wildman–Crippen MR) is 99.3 cm³/mol. The lowest BCUT2D eigenvalue weighted by atomic mass is 10.0. The number of likely N-dealkylation sites (tertiary alicyclic amines) is 1. The molecule has 1 aliphatic heterocycles. The monoisotopic (exact) mass is 349 g/mol. The van der Waals surface area contributed by atoms with Crippen LogP contribution in [0.5, 0.6) is 0 Å². The van der Waals surface area contributed by atoms with Gasteiger partial charge in [0.15, 0.2) is 0 Å². The molecule has 1 saturated heterocycles. The van der Waals surface area contributed by atoms with Crippen LogP contribution in [0.1, 0.15) is 46.2 Å². The van der Waals surface area contributed by atoms with Crippen molar-refractivity contribution in [1.29, 1.82) is 0 Å². The van der Waals surface area contributed by atoms with Gasteiger partial charge in [-0.2, -0.15) is 5.10 Å². The minimum atomic E-state index is 0.0901. The maximum Gasteiger partial charge on any atom is 0.254 e. The van der Waals surface area contributed by atoms with Crippen LogP contribution in [0.25, 0.3) is 5.69 Å². The van der Waals surface area contributed by atoms with Crippen LogP contribution in [0, 0.1) is 13.8 Å². The SMILES string of the molecule is Cc1nn(C)c(C)c1C1CCCN1C(=O)c1ccc(-n2ccnc2)cc1. The highest BCUT2D eigenvalue weighted by Gasteiger charge is 2.33. The van der Waals surface area contributed by atoms with Gasteiger partial charge in [0.25, 0.3) is 5.91 Å². The fraction of sp³-hybridized carbons (Fsp3) is 0.350. The predicted octanol–water partition coefficient (Wildman–Crippen LogP) is 3.20. The molecule has 0 N–H and O–H groups in total. The molecule has 1 aliphatic rings. The van der Waals surface area contributed by atoms with Crippen molar-refractivity contribution in [1.82, 2.24) is 24.2 Å². The van der Waals surface area contributed by atoms with E-state index in [9.17, 15) is 4.79 Å². The zero-order chi connectivity index (χ0) is 18.3. The summed E-state index contributed by atoms with van der Waals surface area (Å²) in [6.07, 6.45) is 7.40. The molecule has 3 aromatic rings. The van der Waals surface area contributed by atoms with Crippen molar-refractivity contribution in [3.63, 3.8) is 0 Å². The summed E-state index contributed by atoms with van der Waals surface area (Å²) in [7, 11) is 1.96. The smallest absolute Gasteiger partial charge is 0.254 e. The highest BCUT2D eigenvalue weighted by molar-refractivity contribution is 5.95. The molecule has 134 valence electrons. The number of carbonyl (C=O) groups is 1. The van der Waals surface area contributed by atoms with Crippen molar-refractivity contribution in [2.24, 2.45) is 7.05 Å². The van der Waals surface area contributed by atoms with E-state index in [1.54, 1.807) is 12.5 Å². The second kappa shape index (κ2) is 6.44. The summed E-state index contributed by atoms with van der Waals surface area (Å²) in [5, 5.41) is 4.53. The van der Waals surface area contributed by atoms with Crippen molar-refractivity contribution in [2.75, 3.05) is 6.54 Å². The summed E-state index contributed by atoms with van der Waals surface area (Å²) in [5.41, 5.74) is 5.08. The second-order valence-electron chi connectivity index (χ2n) is 6.88. The Hall–Kier alpha value is -2.89. The highest BCUT2D eigenvalue weighted by Crippen LogP contribution is 2.36. The minimum absolute atomic E-state index is 0.0901. The van der Waals surface area contributed by atoms with Gasteiger partial charge in [0.2, 0.25) is 0 Å². The fourth-order valence-corrected chi connectivity index (χ4v) is 3.94. The summed E-state index contributed by atoms with van der Waals surface area (Å²) in [5.74, 6) is 0.0901. The molecule has 0 saturated carbocycles. The first-order chi connectivity index (χ1) is 12.6. The van der Waals surface area contributed by atoms with Gasteiger partial charge in [0.1, 0.15) is 0 Å². The quantitative estimate of drug-likeness (QED) is 0.730. The van der Waals surface area contributed by atoms with Crippen LogP contribution in [0.15, 0.2) is 43.0 Å². The topological polar surface area (TPSA) is 56.0 Å². The molecule has 0 aliphatic carbocycles. The lowest BCUT2D eigenvalue weighted by molar-refractivity contribution is 0.0735. The molecule has 26 heavy (non-hydrogen) atoms. The van der Waals surface area contributed by atoms with Crippen molar-refractivity contribution in [3.8, 4) is 5.69 Å². The Morgan fingerprint density at radius 2 is 1.96 bits per heavy atom. The Morgan fingerprint density at radius 3 is 2.58 bits per heavy atom. The lowest BCUT2D eigenvalue weighted by Gasteiger charge is -2.25. The van der Waals surface area contributed by atoms with Crippen LogP contribution in [0.4, 0.5) is 0 Å². The van der Waals surface area contributed by atoms with Gasteiger partial charge >= 0.3 is 0 Å². The molecule has 1 aromatic carbocycles. The zero-order valence-electron chi connectivity index (χ0n) is 15.4. The van der Waals surface area contributed by atoms with Gasteiger partial charge in [-0.05, 0) is 51.0 Å². The number of aromatic nitrogens is 4. The Balaban J connectivity index is 1.61. The molecule has 0 spiro atoms. The van der Waals surface area contributed by atoms with Crippen LogP contribution in [-0.2, 0) is 7.05 Å². The van der Waals surface area contributed by atoms with Crippen molar-refractivity contribution >= 4 is 5.91 Å². The third kappa shape index (κ3) is 2.71. The van der Waals surface area contributed by atoms with Crippen LogP contribution in [-0.4, -0.2) is 36.7 Å². The van der Waals surface area contributed by atoms with Gasteiger partial charge in [-0.25, -0.2) is 4.98 Å². The fourth-order valence-electron chi connectivity index (χ4n) is 3.94. The zero-order valence-corrected chi connectivity index (χ0v) is 15.4. The highest BCUT2D eigenvalue weighted by atomic mass is 16.2. The van der Waals surface area contributed by atoms with Gasteiger partial charge in [0.05, 0.1) is 18.1 Å². The number of rotatable bonds is 3. The molecule has 1 fully saturated rings. The van der Waals surface area contributed by atoms with E-state index in [1.807, 2.05) is 58.6 Å². The van der Waals surface area contributed by atoms with Gasteiger partial charge < -0.3 is 9.47 Å². The molecule has 1 amide bonds. The van der Waals surface area contributed by atoms with Crippen LogP contribution in [0.2, 0.25) is 0 Å². The van der Waals surface area contributed by atoms with E-state index >= 15 is 0 Å². The number of aryl methyl sites for hydroxylation is 2. The van der Waals surface area contributed by atoms with Gasteiger partial charge in [-0.1, -0.05) is 0 Å². The molecule has 1 atom stereocenters. The van der Waals surface area contributed by atoms with Crippen molar-refractivity contribution in [3.05, 3.63) is 65.5 Å². The maximum absolute atomic E-state index is 13.1. The summed E-state index contributed by atoms with van der Waals surface area (Å²) >= 11 is 0. The van der Waals surface area contributed by atoms with Crippen LogP contribution < -0.4 is 0 Å². The average Bonchev–Trinajstić information content (AvgIpc) is 3.37. The number of hydrogen-bond acceptors (Lipinski definition) is 3. The standard InChI is InChI=1S/C20H23N5O/c1-14-19(15(2)23(3)22-14)18-5-4-11-25(18)20(26)16-6-8-17(9-7-16)24-12-10-21-13-24/h6-10,12-13,18H,4-5,11H2,1-3H3. The lowest BCUT2D eigenvalue weighted by Crippen LogP contribution is -2.31. The number of amides is 1. The number of hydrogen-bond donors (Lipinski definition) is 0. The summed E-state index contributed by atoms with van der Waals surface area (Å²) < 4.78 is 3.83. The minimum Gasteiger partial charge on any atom is -0.331 e. The Kier molecular flexibility index (Phi) is 4.11. The average molecular weight is 349 g/mol. The van der Waals surface area contributed by atoms with E-state index in [2.05, 4.69) is 17.0 Å². The first kappa shape index (κ1) is 16.6. The van der Waals surface area contributed by atoms with E-state index in [1.165, 1.54) is 5.56 Å². The maximum atomic E-state index is 13.1. The van der Waals surface area contributed by atoms with E-state index < -0.39 is 0 Å². The van der Waals surface area contributed by atoms with Gasteiger partial charge in [-0.3, -0.25) is 9.48 Å². The molecule has 0 radical (unpaired) electrons. The number of imidazole rings is 1. The largest absolute Gasteiger partial charge is 0.331 e. The molecule has 6 nitrogen and oxygen atoms in total. The molecule has 3 heterocycles. The third-order valence-electron chi connectivity index (χ3n) is 5.33. The molecule has 2 aromatic heterocycles. The van der Waals surface area contributed by atoms with E-state index in [0.717, 1.165) is 42.0 Å². The van der Waals surface area contributed by atoms with Gasteiger partial charge in [-0.15, -0.1) is 0 Å². The van der Waals surface area contributed by atoms with E-state index in [0.29, 0.717) is 0 Å². The molecular formula is C20H23N5O. The third-order valence-corrected chi connectivity index (χ3v) is 5.33. The molecule has 6 heteroatoms. The van der Waals surface area contributed by atoms with E-state index in [4.69, 9.17) is 0 Å². The van der Waals surface area contributed by atoms with Gasteiger partial charge in [0, 0.05) is 48.5 Å². The summed E-state index contributed by atoms with van der Waals surface area (Å²) in [4.78, 5) is 19.2. The normalized spacial score (nSPS) is 17.0. The molecule has 1 unspecified atom stereocenters. The molecule has 4 rings (SSSR count). The Labute approximate surface area is 153 Å². The Bertz CT molecular complexity index is 924. The van der Waals surface area contributed by atoms with Crippen molar-refractivity contribution < 1.29 is 4.79 Å². The number of nitrogens with zero attached hydrogens (tertiary/aromatic N) is 5. The molecular weight excluding hydrogens is 326 g/mol. The van der Waals surface area contributed by atoms with Crippen LogP contribution in [0.3, 0.4) is 0 Å². The second-order valence-corrected chi connectivity index (χ2v) is 6.88. The summed E-state index contributed by atoms with van der Waals surface area (Å²) in [6, 6.07) is 7.83. The van der Waals surface area contributed by atoms with Crippen LogP contribution >= 0.6 is 0 Å².